The maximum Gasteiger partial charge on any atom is 0.430 e. The number of ether oxygens (including phenoxy) is 2. The summed E-state index contributed by atoms with van der Waals surface area (Å²) in [4.78, 5) is 10.4. The SMILES string of the molecule is c1ccc(N2c3cccc[c]3[Al]3[c]4cc5[c](nc4Oc4cccc2[c]43)[Al]2[c]3ccccc3Oc3cccc([c]32)N5c2ccccc2)cc1. The third-order valence-corrected chi connectivity index (χ3v) is 16.7. The van der Waals surface area contributed by atoms with Gasteiger partial charge in [-0.15, -0.1) is 0 Å². The summed E-state index contributed by atoms with van der Waals surface area (Å²) in [6, 6.07) is 54.2. The van der Waals surface area contributed by atoms with Crippen LogP contribution in [0.2, 0.25) is 0 Å². The van der Waals surface area contributed by atoms with E-state index >= 15 is 0 Å². The molecule has 0 saturated heterocycles. The second-order valence-corrected chi connectivity index (χ2v) is 18.0. The molecule has 0 radical (unpaired) electrons. The van der Waals surface area contributed by atoms with E-state index in [0.717, 1.165) is 44.7 Å². The lowest BCUT2D eigenvalue weighted by Crippen LogP contribution is -2.63. The van der Waals surface area contributed by atoms with Crippen molar-refractivity contribution in [3.63, 3.8) is 0 Å². The average Bonchev–Trinajstić information content (AvgIpc) is 3.14. The number of para-hydroxylation sites is 4. The minimum atomic E-state index is -2.04. The highest BCUT2D eigenvalue weighted by atomic mass is 27.2. The minimum Gasteiger partial charge on any atom is -0.460 e. The third kappa shape index (κ3) is 3.65. The van der Waals surface area contributed by atoms with Gasteiger partial charge in [-0.05, 0) is 80.0 Å². The van der Waals surface area contributed by atoms with Gasteiger partial charge >= 0.3 is 28.3 Å². The molecule has 7 heteroatoms. The zero-order valence-corrected chi connectivity index (χ0v) is 28.1. The molecule has 222 valence electrons. The molecular formula is C41H25Al2N3O2. The zero-order chi connectivity index (χ0) is 31.3. The Morgan fingerprint density at radius 2 is 0.958 bits per heavy atom. The molecule has 0 atom stereocenters. The molecule has 7 aromatic rings. The Morgan fingerprint density at radius 3 is 1.69 bits per heavy atom. The summed E-state index contributed by atoms with van der Waals surface area (Å²) in [5.74, 6) is 3.54. The van der Waals surface area contributed by atoms with E-state index in [2.05, 4.69) is 161 Å². The summed E-state index contributed by atoms with van der Waals surface area (Å²) < 4.78 is 21.1. The Balaban J connectivity index is 1.20. The lowest BCUT2D eigenvalue weighted by atomic mass is 10.1. The Hall–Kier alpha value is -5.27. The summed E-state index contributed by atoms with van der Waals surface area (Å²) in [6.07, 6.45) is 0. The topological polar surface area (TPSA) is 37.8 Å². The van der Waals surface area contributed by atoms with E-state index in [0.29, 0.717) is 0 Å². The monoisotopic (exact) mass is 645 g/mol. The average molecular weight is 646 g/mol. The van der Waals surface area contributed by atoms with Crippen LogP contribution in [0.1, 0.15) is 0 Å². The van der Waals surface area contributed by atoms with Gasteiger partial charge in [0.05, 0.1) is 5.69 Å². The zero-order valence-electron chi connectivity index (χ0n) is 25.7. The van der Waals surface area contributed by atoms with Gasteiger partial charge in [-0.1, -0.05) is 93.8 Å². The summed E-state index contributed by atoms with van der Waals surface area (Å²) in [5, 5.41) is 0. The fraction of sp³-hybridized carbons (Fsp3) is 0. The van der Waals surface area contributed by atoms with Crippen molar-refractivity contribution in [1.29, 1.82) is 0 Å². The van der Waals surface area contributed by atoms with Gasteiger partial charge in [0, 0.05) is 33.0 Å². The van der Waals surface area contributed by atoms with Gasteiger partial charge in [0.2, 0.25) is 5.88 Å². The van der Waals surface area contributed by atoms with E-state index in [1.807, 2.05) is 0 Å². The van der Waals surface area contributed by atoms with Crippen LogP contribution in [0.3, 0.4) is 0 Å². The Morgan fingerprint density at radius 1 is 0.417 bits per heavy atom. The van der Waals surface area contributed by atoms with E-state index < -0.39 is 28.3 Å². The highest BCUT2D eigenvalue weighted by Crippen LogP contribution is 2.43. The van der Waals surface area contributed by atoms with Crippen LogP contribution in [0.25, 0.3) is 0 Å². The van der Waals surface area contributed by atoms with Crippen molar-refractivity contribution in [2.24, 2.45) is 0 Å². The van der Waals surface area contributed by atoms with Crippen LogP contribution in [-0.4, -0.2) is 33.3 Å². The Labute approximate surface area is 286 Å². The standard InChI is InChI=1S/C41H25N3O2.2Al/c1-5-15-32(16-6-1)43(33-17-7-2-8-18-33)35-21-14-26-40(30-35)46-41-28-27-37(31-42-41)44(34-19-9-3-10-20-34)36-22-13-25-39(29-36)45-38-23-11-4-12-24-38;;/h1-17,19-23,25-27H;;. The molecule has 0 unspecified atom stereocenters. The molecule has 5 nitrogen and oxygen atoms in total. The Kier molecular flexibility index (Phi) is 5.64. The molecule has 0 aliphatic carbocycles. The quantitative estimate of drug-likeness (QED) is 0.219. The van der Waals surface area contributed by atoms with Crippen molar-refractivity contribution in [1.82, 2.24) is 4.98 Å². The molecule has 48 heavy (non-hydrogen) atoms. The van der Waals surface area contributed by atoms with Crippen LogP contribution in [0.15, 0.2) is 152 Å². The molecule has 0 bridgehead atoms. The van der Waals surface area contributed by atoms with Crippen LogP contribution >= 0.6 is 0 Å². The van der Waals surface area contributed by atoms with E-state index in [1.165, 1.54) is 39.2 Å². The third-order valence-electron chi connectivity index (χ3n) is 10.2. The molecule has 1 aromatic heterocycles. The van der Waals surface area contributed by atoms with Gasteiger partial charge in [0.1, 0.15) is 17.2 Å². The predicted octanol–water partition coefficient (Wildman–Crippen LogP) is 5.89. The summed E-state index contributed by atoms with van der Waals surface area (Å²) in [5.41, 5.74) is 7.01. The van der Waals surface area contributed by atoms with Crippen molar-refractivity contribution in [3.05, 3.63) is 152 Å². The predicted molar refractivity (Wildman–Crippen MR) is 196 cm³/mol. The maximum absolute atomic E-state index is 6.92. The van der Waals surface area contributed by atoms with Crippen LogP contribution in [0.5, 0.6) is 23.1 Å². The first kappa shape index (κ1) is 26.8. The number of nitrogens with zero attached hydrogens (tertiary/aromatic N) is 3. The van der Waals surface area contributed by atoms with Gasteiger partial charge in [-0.2, -0.15) is 0 Å². The molecule has 0 saturated carbocycles. The van der Waals surface area contributed by atoms with Crippen molar-refractivity contribution in [2.75, 3.05) is 9.80 Å². The smallest absolute Gasteiger partial charge is 0.430 e. The first-order valence-electron chi connectivity index (χ1n) is 16.4. The second kappa shape index (κ2) is 10.1. The molecule has 4 aliphatic heterocycles. The first-order valence-corrected chi connectivity index (χ1v) is 19.8. The minimum absolute atomic E-state index is 0.753. The van der Waals surface area contributed by atoms with Gasteiger partial charge in [0.25, 0.3) is 0 Å². The molecule has 0 N–H and O–H groups in total. The molecule has 4 aliphatic rings. The van der Waals surface area contributed by atoms with Gasteiger partial charge in [-0.3, -0.25) is 0 Å². The van der Waals surface area contributed by atoms with Crippen molar-refractivity contribution < 1.29 is 9.47 Å². The van der Waals surface area contributed by atoms with Crippen molar-refractivity contribution >= 4 is 89.1 Å². The summed E-state index contributed by atoms with van der Waals surface area (Å²) >= 11 is -4.07. The number of pyridine rings is 1. The highest BCUT2D eigenvalue weighted by Gasteiger charge is 2.49. The lowest BCUT2D eigenvalue weighted by Gasteiger charge is -2.42. The molecule has 6 aromatic carbocycles. The van der Waals surface area contributed by atoms with Gasteiger partial charge < -0.3 is 19.3 Å². The molecule has 0 spiro atoms. The highest BCUT2D eigenvalue weighted by molar-refractivity contribution is 7.00. The van der Waals surface area contributed by atoms with Crippen LogP contribution in [0, 0.1) is 0 Å². The van der Waals surface area contributed by atoms with E-state index in [1.54, 1.807) is 0 Å². The summed E-state index contributed by atoms with van der Waals surface area (Å²) in [6.45, 7) is 0. The van der Waals surface area contributed by atoms with Crippen molar-refractivity contribution in [3.8, 4) is 23.1 Å². The first-order chi connectivity index (χ1) is 23.8. The lowest BCUT2D eigenvalue weighted by molar-refractivity contribution is 0.469. The van der Waals surface area contributed by atoms with Crippen LogP contribution in [0.4, 0.5) is 34.1 Å². The summed E-state index contributed by atoms with van der Waals surface area (Å²) in [7, 11) is 0. The molecular weight excluding hydrogens is 620 g/mol. The normalized spacial score (nSPS) is 14.0. The fourth-order valence-electron chi connectivity index (χ4n) is 8.27. The van der Waals surface area contributed by atoms with Gasteiger partial charge in [-0.25, -0.2) is 4.98 Å². The number of hydrogen-bond acceptors (Lipinski definition) is 5. The van der Waals surface area contributed by atoms with Crippen LogP contribution < -0.4 is 46.0 Å². The number of rotatable bonds is 2. The Bertz CT molecular complexity index is 2450. The second-order valence-electron chi connectivity index (χ2n) is 12.7. The molecule has 0 amide bonds. The maximum atomic E-state index is 6.92. The number of hydrogen-bond donors (Lipinski definition) is 0. The largest absolute Gasteiger partial charge is 0.460 e. The van der Waals surface area contributed by atoms with Gasteiger partial charge in [0.15, 0.2) is 0 Å². The number of aromatic nitrogens is 1. The van der Waals surface area contributed by atoms with E-state index in [9.17, 15) is 0 Å². The van der Waals surface area contributed by atoms with Crippen LogP contribution in [-0.2, 0) is 0 Å². The molecule has 5 heterocycles. The van der Waals surface area contributed by atoms with E-state index in [4.69, 9.17) is 14.5 Å². The number of fused-ring (bicyclic) bond motifs is 8. The number of anilines is 6. The fourth-order valence-corrected chi connectivity index (χ4v) is 15.0. The van der Waals surface area contributed by atoms with E-state index in [-0.39, 0.29) is 0 Å². The molecule has 11 rings (SSSR count). The van der Waals surface area contributed by atoms with Crippen molar-refractivity contribution in [2.45, 2.75) is 0 Å². The number of benzene rings is 6. The molecule has 0 fully saturated rings.